The van der Waals surface area contributed by atoms with Crippen molar-refractivity contribution in [1.29, 1.82) is 0 Å². The van der Waals surface area contributed by atoms with Crippen LogP contribution in [0.2, 0.25) is 0 Å². The Labute approximate surface area is 138 Å². The smallest absolute Gasteiger partial charge is 0.0681 e. The molecule has 2 heteroatoms. The number of benzene rings is 2. The Morgan fingerprint density at radius 3 is 2.43 bits per heavy atom. The van der Waals surface area contributed by atoms with Gasteiger partial charge in [-0.3, -0.25) is 0 Å². The molecule has 3 aromatic rings. The van der Waals surface area contributed by atoms with Gasteiger partial charge in [0.25, 0.3) is 0 Å². The van der Waals surface area contributed by atoms with Crippen molar-refractivity contribution in [2.24, 2.45) is 0 Å². The van der Waals surface area contributed by atoms with Crippen molar-refractivity contribution in [3.63, 3.8) is 0 Å². The van der Waals surface area contributed by atoms with Crippen LogP contribution in [0.25, 0.3) is 16.8 Å². The van der Waals surface area contributed by atoms with Crippen LogP contribution in [0.1, 0.15) is 37.1 Å². The molecule has 0 atom stereocenters. The summed E-state index contributed by atoms with van der Waals surface area (Å²) in [4.78, 5) is 0. The lowest BCUT2D eigenvalue weighted by Crippen LogP contribution is -2.00. The molecule has 0 bridgehead atoms. The summed E-state index contributed by atoms with van der Waals surface area (Å²) < 4.78 is 2.06. The molecule has 0 amide bonds. The number of nitrogens with zero attached hydrogens (tertiary/aromatic N) is 2. The first-order valence-corrected chi connectivity index (χ1v) is 8.47. The van der Waals surface area contributed by atoms with Gasteiger partial charge in [-0.2, -0.15) is 5.10 Å². The van der Waals surface area contributed by atoms with Gasteiger partial charge in [-0.15, -0.1) is 0 Å². The van der Waals surface area contributed by atoms with Gasteiger partial charge >= 0.3 is 0 Å². The average molecular weight is 304 g/mol. The fraction of sp³-hybridized carbons (Fsp3) is 0.286. The van der Waals surface area contributed by atoms with Crippen LogP contribution >= 0.6 is 0 Å². The summed E-state index contributed by atoms with van der Waals surface area (Å²) in [6.45, 7) is 6.60. The molecule has 1 aromatic heterocycles. The molecule has 23 heavy (non-hydrogen) atoms. The first kappa shape index (κ1) is 15.5. The van der Waals surface area contributed by atoms with Gasteiger partial charge in [-0.05, 0) is 48.1 Å². The van der Waals surface area contributed by atoms with Crippen molar-refractivity contribution in [3.8, 4) is 16.8 Å². The van der Waals surface area contributed by atoms with Crippen molar-refractivity contribution >= 4 is 0 Å². The Bertz CT molecular complexity index is 785. The van der Waals surface area contributed by atoms with Crippen molar-refractivity contribution in [3.05, 3.63) is 71.5 Å². The van der Waals surface area contributed by atoms with Gasteiger partial charge in [-0.1, -0.05) is 62.7 Å². The molecule has 0 N–H and O–H groups in total. The Hall–Kier alpha value is -2.35. The summed E-state index contributed by atoms with van der Waals surface area (Å²) in [6, 6.07) is 17.0. The third kappa shape index (κ3) is 3.07. The number of aryl methyl sites for hydroxylation is 2. The van der Waals surface area contributed by atoms with Crippen LogP contribution < -0.4 is 0 Å². The van der Waals surface area contributed by atoms with Gasteiger partial charge in [0, 0.05) is 6.20 Å². The second kappa shape index (κ2) is 6.82. The summed E-state index contributed by atoms with van der Waals surface area (Å²) in [7, 11) is 0. The maximum atomic E-state index is 4.85. The fourth-order valence-corrected chi connectivity index (χ4v) is 3.11. The van der Waals surface area contributed by atoms with E-state index in [1.54, 1.807) is 0 Å². The van der Waals surface area contributed by atoms with Crippen molar-refractivity contribution in [2.75, 3.05) is 0 Å². The minimum atomic E-state index is 1.03. The number of aromatic nitrogens is 2. The van der Waals surface area contributed by atoms with E-state index >= 15 is 0 Å². The molecule has 1 heterocycles. The highest BCUT2D eigenvalue weighted by Crippen LogP contribution is 2.28. The minimum Gasteiger partial charge on any atom is -0.240 e. The molecular formula is C21H24N2. The Kier molecular flexibility index (Phi) is 4.61. The predicted octanol–water partition coefficient (Wildman–Crippen LogP) is 5.36. The summed E-state index contributed by atoms with van der Waals surface area (Å²) in [6.07, 6.45) is 5.41. The molecule has 0 aliphatic rings. The third-order valence-corrected chi connectivity index (χ3v) is 4.38. The molecule has 0 fully saturated rings. The number of hydrogen-bond donors (Lipinski definition) is 0. The summed E-state index contributed by atoms with van der Waals surface area (Å²) >= 11 is 0. The molecule has 2 aromatic carbocycles. The standard InChI is InChI=1S/C21H24N2/c1-4-10-20-17(5-2)15-23(22-20)21-14-9-13-19(16(21)3)18-11-7-6-8-12-18/h6-9,11-15H,4-5,10H2,1-3H3. The van der Waals surface area contributed by atoms with Gasteiger partial charge in [0.2, 0.25) is 0 Å². The average Bonchev–Trinajstić information content (AvgIpc) is 2.99. The quantitative estimate of drug-likeness (QED) is 0.620. The van der Waals surface area contributed by atoms with E-state index in [-0.39, 0.29) is 0 Å². The highest BCUT2D eigenvalue weighted by molar-refractivity contribution is 5.70. The van der Waals surface area contributed by atoms with Crippen molar-refractivity contribution in [1.82, 2.24) is 9.78 Å². The van der Waals surface area contributed by atoms with Gasteiger partial charge in [0.15, 0.2) is 0 Å². The van der Waals surface area contributed by atoms with E-state index in [9.17, 15) is 0 Å². The lowest BCUT2D eigenvalue weighted by atomic mass is 9.99. The van der Waals surface area contributed by atoms with E-state index in [1.807, 2.05) is 0 Å². The summed E-state index contributed by atoms with van der Waals surface area (Å²) in [5, 5.41) is 4.85. The predicted molar refractivity (Wildman–Crippen MR) is 97.1 cm³/mol. The fourth-order valence-electron chi connectivity index (χ4n) is 3.11. The largest absolute Gasteiger partial charge is 0.240 e. The maximum absolute atomic E-state index is 4.85. The Balaban J connectivity index is 2.08. The highest BCUT2D eigenvalue weighted by Gasteiger charge is 2.12. The number of hydrogen-bond acceptors (Lipinski definition) is 1. The molecule has 0 aliphatic heterocycles. The monoisotopic (exact) mass is 304 g/mol. The second-order valence-electron chi connectivity index (χ2n) is 5.96. The van der Waals surface area contributed by atoms with E-state index in [4.69, 9.17) is 5.10 Å². The molecular weight excluding hydrogens is 280 g/mol. The molecule has 0 spiro atoms. The van der Waals surface area contributed by atoms with Crippen LogP contribution in [0.4, 0.5) is 0 Å². The van der Waals surface area contributed by atoms with Crippen LogP contribution in [0.5, 0.6) is 0 Å². The van der Waals surface area contributed by atoms with E-state index in [0.29, 0.717) is 0 Å². The topological polar surface area (TPSA) is 17.8 Å². The molecule has 0 unspecified atom stereocenters. The van der Waals surface area contributed by atoms with Gasteiger partial charge in [0.05, 0.1) is 11.4 Å². The van der Waals surface area contributed by atoms with Crippen LogP contribution in [0, 0.1) is 6.92 Å². The number of rotatable bonds is 5. The van der Waals surface area contributed by atoms with Crippen LogP contribution in [0.3, 0.4) is 0 Å². The lowest BCUT2D eigenvalue weighted by Gasteiger charge is -2.11. The highest BCUT2D eigenvalue weighted by atomic mass is 15.3. The van der Waals surface area contributed by atoms with Crippen LogP contribution in [-0.4, -0.2) is 9.78 Å². The molecule has 0 saturated carbocycles. The summed E-state index contributed by atoms with van der Waals surface area (Å²) in [5.74, 6) is 0. The molecule has 3 rings (SSSR count). The molecule has 0 saturated heterocycles. The van der Waals surface area contributed by atoms with E-state index in [0.717, 1.165) is 19.3 Å². The van der Waals surface area contributed by atoms with E-state index in [1.165, 1.54) is 33.6 Å². The van der Waals surface area contributed by atoms with Gasteiger partial charge in [0.1, 0.15) is 0 Å². The van der Waals surface area contributed by atoms with Gasteiger partial charge < -0.3 is 0 Å². The SMILES string of the molecule is CCCc1nn(-c2cccc(-c3ccccc3)c2C)cc1CC. The zero-order valence-electron chi connectivity index (χ0n) is 14.2. The molecule has 118 valence electrons. The Morgan fingerprint density at radius 2 is 1.74 bits per heavy atom. The molecule has 0 aliphatic carbocycles. The first-order chi connectivity index (χ1) is 11.2. The molecule has 0 radical (unpaired) electrons. The second-order valence-corrected chi connectivity index (χ2v) is 5.96. The van der Waals surface area contributed by atoms with E-state index in [2.05, 4.69) is 80.2 Å². The normalized spacial score (nSPS) is 10.9. The summed E-state index contributed by atoms with van der Waals surface area (Å²) in [5.41, 5.74) is 7.56. The maximum Gasteiger partial charge on any atom is 0.0681 e. The van der Waals surface area contributed by atoms with Crippen molar-refractivity contribution in [2.45, 2.75) is 40.0 Å². The first-order valence-electron chi connectivity index (χ1n) is 8.47. The van der Waals surface area contributed by atoms with Crippen molar-refractivity contribution < 1.29 is 0 Å². The molecule has 2 nitrogen and oxygen atoms in total. The zero-order chi connectivity index (χ0) is 16.2. The Morgan fingerprint density at radius 1 is 0.957 bits per heavy atom. The van der Waals surface area contributed by atoms with Gasteiger partial charge in [-0.25, -0.2) is 4.68 Å². The van der Waals surface area contributed by atoms with Crippen LogP contribution in [-0.2, 0) is 12.8 Å². The van der Waals surface area contributed by atoms with Crippen LogP contribution in [0.15, 0.2) is 54.7 Å². The minimum absolute atomic E-state index is 1.03. The zero-order valence-corrected chi connectivity index (χ0v) is 14.2. The van der Waals surface area contributed by atoms with E-state index < -0.39 is 0 Å². The lowest BCUT2D eigenvalue weighted by molar-refractivity contribution is 0.801. The third-order valence-electron chi connectivity index (χ3n) is 4.38.